The Morgan fingerprint density at radius 1 is 1.00 bits per heavy atom. The van der Waals surface area contributed by atoms with Crippen LogP contribution >= 0.6 is 23.5 Å². The van der Waals surface area contributed by atoms with Crippen molar-refractivity contribution in [3.63, 3.8) is 0 Å². The van der Waals surface area contributed by atoms with E-state index in [4.69, 9.17) is 0 Å². The molecule has 0 saturated carbocycles. The first kappa shape index (κ1) is 13.7. The van der Waals surface area contributed by atoms with E-state index in [-0.39, 0.29) is 11.9 Å². The minimum Gasteiger partial charge on any atom is -0.469 e. The molecule has 16 heavy (non-hydrogen) atoms. The number of methoxy groups -OCH3 is 2. The van der Waals surface area contributed by atoms with Crippen LogP contribution in [0, 0.1) is 0 Å². The van der Waals surface area contributed by atoms with Crippen molar-refractivity contribution >= 4 is 35.5 Å². The second kappa shape index (κ2) is 7.06. The molecule has 4 nitrogen and oxygen atoms in total. The molecule has 1 aliphatic heterocycles. The minimum absolute atomic E-state index is 0.162. The number of carbonyl (C=O) groups is 2. The molecule has 6 heteroatoms. The third kappa shape index (κ3) is 4.65. The van der Waals surface area contributed by atoms with Gasteiger partial charge < -0.3 is 9.47 Å². The Morgan fingerprint density at radius 3 is 1.62 bits per heavy atom. The van der Waals surface area contributed by atoms with E-state index in [0.717, 1.165) is 11.5 Å². The van der Waals surface area contributed by atoms with Crippen LogP contribution in [-0.4, -0.2) is 48.2 Å². The molecule has 0 aromatic heterocycles. The standard InChI is InChI=1S/C10H16O4S2/c1-13-9(11)3-7-5-16-8(6-15-7)4-10(12)14-2/h7-8H,3-6H2,1-2H3. The summed E-state index contributed by atoms with van der Waals surface area (Å²) in [6, 6.07) is 0. The molecule has 2 unspecified atom stereocenters. The van der Waals surface area contributed by atoms with Gasteiger partial charge in [-0.05, 0) is 0 Å². The Bertz CT molecular complexity index is 223. The molecule has 0 N–H and O–H groups in total. The van der Waals surface area contributed by atoms with Gasteiger partial charge >= 0.3 is 11.9 Å². The SMILES string of the molecule is COC(=O)CC1CSC(CC(=O)OC)CS1. The molecule has 0 aromatic carbocycles. The zero-order valence-electron chi connectivity index (χ0n) is 9.43. The van der Waals surface area contributed by atoms with Gasteiger partial charge in [-0.2, -0.15) is 23.5 Å². The maximum Gasteiger partial charge on any atom is 0.306 e. The fourth-order valence-corrected chi connectivity index (χ4v) is 4.32. The lowest BCUT2D eigenvalue weighted by molar-refractivity contribution is -0.141. The summed E-state index contributed by atoms with van der Waals surface area (Å²) < 4.78 is 9.25. The molecule has 92 valence electrons. The number of thioether (sulfide) groups is 2. The Balaban J connectivity index is 2.23. The molecule has 0 aromatic rings. The third-order valence-electron chi connectivity index (χ3n) is 2.28. The Morgan fingerprint density at radius 2 is 1.38 bits per heavy atom. The van der Waals surface area contributed by atoms with Crippen LogP contribution in [-0.2, 0) is 19.1 Å². The summed E-state index contributed by atoms with van der Waals surface area (Å²) >= 11 is 3.48. The van der Waals surface area contributed by atoms with Gasteiger partial charge in [0.15, 0.2) is 0 Å². The lowest BCUT2D eigenvalue weighted by atomic mass is 10.3. The van der Waals surface area contributed by atoms with Crippen LogP contribution < -0.4 is 0 Å². The highest BCUT2D eigenvalue weighted by atomic mass is 32.2. The normalized spacial score (nSPS) is 24.9. The van der Waals surface area contributed by atoms with Gasteiger partial charge in [-0.1, -0.05) is 0 Å². The van der Waals surface area contributed by atoms with Crippen molar-refractivity contribution in [1.29, 1.82) is 0 Å². The number of carbonyl (C=O) groups excluding carboxylic acids is 2. The molecular formula is C10H16O4S2. The topological polar surface area (TPSA) is 52.6 Å². The van der Waals surface area contributed by atoms with Crippen LogP contribution in [0.1, 0.15) is 12.8 Å². The largest absolute Gasteiger partial charge is 0.469 e. The van der Waals surface area contributed by atoms with Crippen molar-refractivity contribution in [2.24, 2.45) is 0 Å². The van der Waals surface area contributed by atoms with Gasteiger partial charge in [-0.3, -0.25) is 9.59 Å². The van der Waals surface area contributed by atoms with Crippen molar-refractivity contribution in [2.45, 2.75) is 23.3 Å². The van der Waals surface area contributed by atoms with E-state index in [1.807, 2.05) is 0 Å². The van der Waals surface area contributed by atoms with Gasteiger partial charge in [0.05, 0.1) is 27.1 Å². The second-order valence-electron chi connectivity index (χ2n) is 3.47. The van der Waals surface area contributed by atoms with Crippen molar-refractivity contribution in [1.82, 2.24) is 0 Å². The quantitative estimate of drug-likeness (QED) is 0.714. The van der Waals surface area contributed by atoms with Crippen molar-refractivity contribution in [3.8, 4) is 0 Å². The van der Waals surface area contributed by atoms with Crippen LogP contribution in [0.5, 0.6) is 0 Å². The minimum atomic E-state index is -0.162. The molecule has 0 amide bonds. The Labute approximate surface area is 104 Å². The first-order chi connectivity index (χ1) is 7.65. The smallest absolute Gasteiger partial charge is 0.306 e. The van der Waals surface area contributed by atoms with Gasteiger partial charge in [0.25, 0.3) is 0 Å². The highest BCUT2D eigenvalue weighted by molar-refractivity contribution is 8.07. The average molecular weight is 264 g/mol. The van der Waals surface area contributed by atoms with Gasteiger partial charge in [0.1, 0.15) is 0 Å². The van der Waals surface area contributed by atoms with Gasteiger partial charge in [0, 0.05) is 22.0 Å². The summed E-state index contributed by atoms with van der Waals surface area (Å²) in [5, 5.41) is 0.623. The third-order valence-corrected chi connectivity index (χ3v) is 5.50. The maximum absolute atomic E-state index is 11.1. The fourth-order valence-electron chi connectivity index (χ4n) is 1.36. The van der Waals surface area contributed by atoms with Crippen LogP contribution in [0.4, 0.5) is 0 Å². The second-order valence-corrected chi connectivity index (χ2v) is 6.14. The van der Waals surface area contributed by atoms with E-state index in [1.54, 1.807) is 23.5 Å². The predicted octanol–water partition coefficient (Wildman–Crippen LogP) is 1.33. The van der Waals surface area contributed by atoms with E-state index in [2.05, 4.69) is 9.47 Å². The van der Waals surface area contributed by atoms with Crippen LogP contribution in [0.25, 0.3) is 0 Å². The summed E-state index contributed by atoms with van der Waals surface area (Å²) in [7, 11) is 2.81. The Kier molecular flexibility index (Phi) is 6.05. The molecule has 1 aliphatic rings. The highest BCUT2D eigenvalue weighted by Crippen LogP contribution is 2.33. The first-order valence-electron chi connectivity index (χ1n) is 5.02. The summed E-state index contributed by atoms with van der Waals surface area (Å²) in [5.74, 6) is 1.46. The molecular weight excluding hydrogens is 248 g/mol. The lowest BCUT2D eigenvalue weighted by Gasteiger charge is -2.26. The molecule has 0 spiro atoms. The van der Waals surface area contributed by atoms with Crippen LogP contribution in [0.3, 0.4) is 0 Å². The summed E-state index contributed by atoms with van der Waals surface area (Å²) in [5.41, 5.74) is 0. The number of hydrogen-bond donors (Lipinski definition) is 0. The Hall–Kier alpha value is -0.360. The number of ether oxygens (including phenoxy) is 2. The molecule has 0 bridgehead atoms. The van der Waals surface area contributed by atoms with Gasteiger partial charge in [-0.15, -0.1) is 0 Å². The lowest BCUT2D eigenvalue weighted by Crippen LogP contribution is -2.26. The molecule has 2 atom stereocenters. The van der Waals surface area contributed by atoms with E-state index >= 15 is 0 Å². The fraction of sp³-hybridized carbons (Fsp3) is 0.800. The predicted molar refractivity (Wildman–Crippen MR) is 65.8 cm³/mol. The van der Waals surface area contributed by atoms with E-state index in [0.29, 0.717) is 23.3 Å². The van der Waals surface area contributed by atoms with E-state index in [9.17, 15) is 9.59 Å². The summed E-state index contributed by atoms with van der Waals surface area (Å²) in [6.07, 6.45) is 0.915. The van der Waals surface area contributed by atoms with Crippen molar-refractivity contribution in [3.05, 3.63) is 0 Å². The van der Waals surface area contributed by atoms with Crippen molar-refractivity contribution in [2.75, 3.05) is 25.7 Å². The zero-order chi connectivity index (χ0) is 12.0. The van der Waals surface area contributed by atoms with E-state index < -0.39 is 0 Å². The molecule has 0 radical (unpaired) electrons. The number of rotatable bonds is 4. The first-order valence-corrected chi connectivity index (χ1v) is 7.12. The summed E-state index contributed by atoms with van der Waals surface area (Å²) in [6.45, 7) is 0. The zero-order valence-corrected chi connectivity index (χ0v) is 11.1. The van der Waals surface area contributed by atoms with Crippen molar-refractivity contribution < 1.29 is 19.1 Å². The molecule has 0 aliphatic carbocycles. The molecule has 1 saturated heterocycles. The van der Waals surface area contributed by atoms with Crippen LogP contribution in [0.2, 0.25) is 0 Å². The number of hydrogen-bond acceptors (Lipinski definition) is 6. The van der Waals surface area contributed by atoms with Crippen LogP contribution in [0.15, 0.2) is 0 Å². The maximum atomic E-state index is 11.1. The highest BCUT2D eigenvalue weighted by Gasteiger charge is 2.26. The summed E-state index contributed by atoms with van der Waals surface area (Å²) in [4.78, 5) is 22.1. The molecule has 1 heterocycles. The van der Waals surface area contributed by atoms with E-state index in [1.165, 1.54) is 14.2 Å². The van der Waals surface area contributed by atoms with Gasteiger partial charge in [-0.25, -0.2) is 0 Å². The molecule has 1 fully saturated rings. The monoisotopic (exact) mass is 264 g/mol. The average Bonchev–Trinajstić information content (AvgIpc) is 2.31. The van der Waals surface area contributed by atoms with Gasteiger partial charge in [0.2, 0.25) is 0 Å². The number of esters is 2. The molecule has 1 rings (SSSR count).